The predicted octanol–water partition coefficient (Wildman–Crippen LogP) is 3.40. The van der Waals surface area contributed by atoms with E-state index in [0.29, 0.717) is 35.1 Å². The van der Waals surface area contributed by atoms with E-state index in [-0.39, 0.29) is 5.91 Å². The van der Waals surface area contributed by atoms with Crippen molar-refractivity contribution in [1.82, 2.24) is 5.32 Å². The van der Waals surface area contributed by atoms with Crippen molar-refractivity contribution in [3.8, 4) is 0 Å². The van der Waals surface area contributed by atoms with Gasteiger partial charge in [0.25, 0.3) is 5.91 Å². The van der Waals surface area contributed by atoms with Crippen LogP contribution in [-0.4, -0.2) is 17.6 Å². The van der Waals surface area contributed by atoms with Crippen molar-refractivity contribution < 1.29 is 14.3 Å². The lowest BCUT2D eigenvalue weighted by molar-refractivity contribution is 0.0941. The number of benzene rings is 1. The molecule has 0 aliphatic rings. The number of amides is 1. The Morgan fingerprint density at radius 3 is 2.76 bits per heavy atom. The standard InChI is InChI=1S/C16H18ClNO3/c1-10-8-14(11(2)21-10)16(20)18-7-6-15(19)12-4-3-5-13(17)9-12/h3-5,8-9,15,19H,6-7H2,1-2H3,(H,18,20). The molecule has 1 aromatic heterocycles. The average molecular weight is 308 g/mol. The van der Waals surface area contributed by atoms with Crippen LogP contribution < -0.4 is 5.32 Å². The molecule has 4 nitrogen and oxygen atoms in total. The van der Waals surface area contributed by atoms with Crippen LogP contribution in [-0.2, 0) is 0 Å². The lowest BCUT2D eigenvalue weighted by atomic mass is 10.1. The van der Waals surface area contributed by atoms with Gasteiger partial charge in [-0.05, 0) is 44.0 Å². The van der Waals surface area contributed by atoms with Crippen LogP contribution in [0.4, 0.5) is 0 Å². The van der Waals surface area contributed by atoms with Crippen LogP contribution in [0.15, 0.2) is 34.7 Å². The molecule has 0 saturated heterocycles. The highest BCUT2D eigenvalue weighted by atomic mass is 35.5. The van der Waals surface area contributed by atoms with E-state index < -0.39 is 6.10 Å². The number of aliphatic hydroxyl groups is 1. The number of carbonyl (C=O) groups is 1. The summed E-state index contributed by atoms with van der Waals surface area (Å²) in [7, 11) is 0. The molecule has 0 saturated carbocycles. The molecule has 1 unspecified atom stereocenters. The number of rotatable bonds is 5. The monoisotopic (exact) mass is 307 g/mol. The first-order valence-corrected chi connectivity index (χ1v) is 7.14. The Kier molecular flexibility index (Phi) is 5.04. The van der Waals surface area contributed by atoms with Gasteiger partial charge in [0, 0.05) is 11.6 Å². The maximum atomic E-state index is 12.0. The molecule has 2 N–H and O–H groups in total. The van der Waals surface area contributed by atoms with E-state index in [2.05, 4.69) is 5.32 Å². The number of carbonyl (C=O) groups excluding carboxylic acids is 1. The molecule has 0 radical (unpaired) electrons. The molecule has 0 aliphatic carbocycles. The van der Waals surface area contributed by atoms with Gasteiger partial charge in [-0.1, -0.05) is 23.7 Å². The summed E-state index contributed by atoms with van der Waals surface area (Å²) < 4.78 is 5.32. The van der Waals surface area contributed by atoms with Gasteiger partial charge in [-0.2, -0.15) is 0 Å². The largest absolute Gasteiger partial charge is 0.466 e. The second kappa shape index (κ2) is 6.78. The molecule has 112 valence electrons. The first kappa shape index (κ1) is 15.6. The van der Waals surface area contributed by atoms with E-state index >= 15 is 0 Å². The van der Waals surface area contributed by atoms with Gasteiger partial charge >= 0.3 is 0 Å². The fourth-order valence-electron chi connectivity index (χ4n) is 2.15. The summed E-state index contributed by atoms with van der Waals surface area (Å²) in [6.45, 7) is 3.92. The van der Waals surface area contributed by atoms with Crippen LogP contribution in [0, 0.1) is 13.8 Å². The van der Waals surface area contributed by atoms with Gasteiger partial charge in [-0.15, -0.1) is 0 Å². The number of aliphatic hydroxyl groups excluding tert-OH is 1. The highest BCUT2D eigenvalue weighted by Gasteiger charge is 2.14. The zero-order chi connectivity index (χ0) is 15.4. The number of furan rings is 1. The minimum absolute atomic E-state index is 0.192. The summed E-state index contributed by atoms with van der Waals surface area (Å²) in [6.07, 6.45) is -0.238. The van der Waals surface area contributed by atoms with Gasteiger partial charge in [-0.25, -0.2) is 0 Å². The van der Waals surface area contributed by atoms with E-state index in [1.165, 1.54) is 0 Å². The van der Waals surface area contributed by atoms with E-state index in [4.69, 9.17) is 16.0 Å². The third-order valence-corrected chi connectivity index (χ3v) is 3.46. The fraction of sp³-hybridized carbons (Fsp3) is 0.312. The van der Waals surface area contributed by atoms with Gasteiger partial charge in [0.05, 0.1) is 11.7 Å². The van der Waals surface area contributed by atoms with Crippen molar-refractivity contribution in [1.29, 1.82) is 0 Å². The van der Waals surface area contributed by atoms with Gasteiger partial charge < -0.3 is 14.8 Å². The van der Waals surface area contributed by atoms with Gasteiger partial charge in [0.15, 0.2) is 0 Å². The average Bonchev–Trinajstić information content (AvgIpc) is 2.77. The zero-order valence-corrected chi connectivity index (χ0v) is 12.8. The zero-order valence-electron chi connectivity index (χ0n) is 12.0. The molecular weight excluding hydrogens is 290 g/mol. The number of hydrogen-bond acceptors (Lipinski definition) is 3. The summed E-state index contributed by atoms with van der Waals surface area (Å²) in [4.78, 5) is 12.0. The normalized spacial score (nSPS) is 12.2. The molecule has 1 atom stereocenters. The van der Waals surface area contributed by atoms with Crippen molar-refractivity contribution in [2.75, 3.05) is 6.54 Å². The molecule has 0 bridgehead atoms. The highest BCUT2D eigenvalue weighted by Crippen LogP contribution is 2.20. The summed E-state index contributed by atoms with van der Waals surface area (Å²) in [5.74, 6) is 1.11. The lowest BCUT2D eigenvalue weighted by Gasteiger charge is -2.11. The highest BCUT2D eigenvalue weighted by molar-refractivity contribution is 6.30. The first-order chi connectivity index (χ1) is 9.97. The van der Waals surface area contributed by atoms with E-state index in [1.807, 2.05) is 6.07 Å². The van der Waals surface area contributed by atoms with Crippen molar-refractivity contribution >= 4 is 17.5 Å². The van der Waals surface area contributed by atoms with Gasteiger partial charge in [0.2, 0.25) is 0 Å². The number of nitrogens with one attached hydrogen (secondary N) is 1. The summed E-state index contributed by atoms with van der Waals surface area (Å²) >= 11 is 5.88. The lowest BCUT2D eigenvalue weighted by Crippen LogP contribution is -2.25. The maximum Gasteiger partial charge on any atom is 0.254 e. The van der Waals surface area contributed by atoms with E-state index in [0.717, 1.165) is 5.56 Å². The molecule has 1 heterocycles. The Hall–Kier alpha value is -1.78. The molecule has 2 rings (SSSR count). The van der Waals surface area contributed by atoms with Crippen molar-refractivity contribution in [2.24, 2.45) is 0 Å². The van der Waals surface area contributed by atoms with Crippen molar-refractivity contribution in [3.05, 3.63) is 58.0 Å². The molecule has 21 heavy (non-hydrogen) atoms. The molecule has 0 spiro atoms. The fourth-order valence-corrected chi connectivity index (χ4v) is 2.35. The SMILES string of the molecule is Cc1cc(C(=O)NCCC(O)c2cccc(Cl)c2)c(C)o1. The number of halogens is 1. The third-order valence-electron chi connectivity index (χ3n) is 3.22. The number of aryl methyl sites for hydroxylation is 2. The molecule has 5 heteroatoms. The molecule has 1 amide bonds. The second-order valence-electron chi connectivity index (χ2n) is 4.94. The quantitative estimate of drug-likeness (QED) is 0.890. The van der Waals surface area contributed by atoms with Crippen LogP contribution in [0.3, 0.4) is 0 Å². The first-order valence-electron chi connectivity index (χ1n) is 6.76. The van der Waals surface area contributed by atoms with Crippen molar-refractivity contribution in [2.45, 2.75) is 26.4 Å². The van der Waals surface area contributed by atoms with Gasteiger partial charge in [0.1, 0.15) is 11.5 Å². The van der Waals surface area contributed by atoms with Crippen LogP contribution in [0.5, 0.6) is 0 Å². The molecule has 1 aromatic carbocycles. The Bertz CT molecular complexity index is 636. The van der Waals surface area contributed by atoms with Crippen LogP contribution >= 0.6 is 11.6 Å². The molecular formula is C16H18ClNO3. The number of hydrogen-bond donors (Lipinski definition) is 2. The van der Waals surface area contributed by atoms with E-state index in [1.54, 1.807) is 38.1 Å². The smallest absolute Gasteiger partial charge is 0.254 e. The van der Waals surface area contributed by atoms with Gasteiger partial charge in [-0.3, -0.25) is 4.79 Å². The van der Waals surface area contributed by atoms with Crippen molar-refractivity contribution in [3.63, 3.8) is 0 Å². The minimum Gasteiger partial charge on any atom is -0.466 e. The Morgan fingerprint density at radius 1 is 1.38 bits per heavy atom. The Morgan fingerprint density at radius 2 is 2.14 bits per heavy atom. The molecule has 0 aliphatic heterocycles. The summed E-state index contributed by atoms with van der Waals surface area (Å²) in [5, 5.41) is 13.4. The topological polar surface area (TPSA) is 62.5 Å². The third kappa shape index (κ3) is 4.09. The minimum atomic E-state index is -0.656. The summed E-state index contributed by atoms with van der Waals surface area (Å²) in [5.41, 5.74) is 1.27. The Labute approximate surface area is 128 Å². The van der Waals surface area contributed by atoms with Crippen LogP contribution in [0.25, 0.3) is 0 Å². The molecule has 0 fully saturated rings. The maximum absolute atomic E-state index is 12.0. The summed E-state index contributed by atoms with van der Waals surface area (Å²) in [6, 6.07) is 8.78. The Balaban J connectivity index is 1.87. The van der Waals surface area contributed by atoms with E-state index in [9.17, 15) is 9.90 Å². The second-order valence-corrected chi connectivity index (χ2v) is 5.38. The predicted molar refractivity (Wildman–Crippen MR) is 81.5 cm³/mol. The van der Waals surface area contributed by atoms with Crippen LogP contribution in [0.1, 0.15) is 40.0 Å². The van der Waals surface area contributed by atoms with Crippen LogP contribution in [0.2, 0.25) is 5.02 Å². The molecule has 2 aromatic rings.